The zero-order valence-electron chi connectivity index (χ0n) is 15.3. The van der Waals surface area contributed by atoms with Crippen molar-refractivity contribution in [1.29, 1.82) is 0 Å². The van der Waals surface area contributed by atoms with Gasteiger partial charge in [-0.15, -0.1) is 0 Å². The summed E-state index contributed by atoms with van der Waals surface area (Å²) in [5.74, 6) is 0.284. The highest BCUT2D eigenvalue weighted by Gasteiger charge is 2.21. The Morgan fingerprint density at radius 3 is 2.63 bits per heavy atom. The van der Waals surface area contributed by atoms with E-state index in [0.717, 1.165) is 32.4 Å². The molecule has 2 aromatic rings. The first-order valence-electron chi connectivity index (χ1n) is 9.22. The number of benzene rings is 2. The van der Waals surface area contributed by atoms with E-state index in [1.165, 1.54) is 0 Å². The number of carbonyl (C=O) groups is 2. The minimum atomic E-state index is -0.280. The van der Waals surface area contributed by atoms with Crippen LogP contribution in [0.4, 0.5) is 5.69 Å². The number of anilines is 1. The van der Waals surface area contributed by atoms with E-state index >= 15 is 0 Å². The van der Waals surface area contributed by atoms with Crippen molar-refractivity contribution in [2.24, 2.45) is 0 Å². The second kappa shape index (κ2) is 9.03. The van der Waals surface area contributed by atoms with E-state index in [9.17, 15) is 9.59 Å². The zero-order chi connectivity index (χ0) is 19.1. The quantitative estimate of drug-likeness (QED) is 0.784. The smallest absolute Gasteiger partial charge is 0.255 e. The monoisotopic (exact) mass is 364 g/mol. The molecule has 3 rings (SSSR count). The molecule has 1 heterocycles. The van der Waals surface area contributed by atoms with Gasteiger partial charge in [0.05, 0.1) is 11.3 Å². The van der Waals surface area contributed by atoms with Crippen LogP contribution in [-0.4, -0.2) is 36.4 Å². The highest BCUT2D eigenvalue weighted by Crippen LogP contribution is 2.21. The molecule has 27 heavy (non-hydrogen) atoms. The molecular weight excluding hydrogens is 340 g/mol. The molecule has 1 N–H and O–H groups in total. The minimum Gasteiger partial charge on any atom is -0.490 e. The summed E-state index contributed by atoms with van der Waals surface area (Å²) in [5.41, 5.74) is 1.51. The second-order valence-corrected chi connectivity index (χ2v) is 6.48. The summed E-state index contributed by atoms with van der Waals surface area (Å²) < 4.78 is 5.48. The van der Waals surface area contributed by atoms with E-state index in [2.05, 4.69) is 11.9 Å². The third-order valence-corrected chi connectivity index (χ3v) is 4.51. The van der Waals surface area contributed by atoms with Gasteiger partial charge in [0, 0.05) is 18.7 Å². The molecular formula is C22H24N2O3. The van der Waals surface area contributed by atoms with Gasteiger partial charge >= 0.3 is 0 Å². The number of piperidine rings is 1. The zero-order valence-corrected chi connectivity index (χ0v) is 15.3. The van der Waals surface area contributed by atoms with Gasteiger partial charge in [-0.3, -0.25) is 9.59 Å². The highest BCUT2D eigenvalue weighted by molar-refractivity contribution is 6.09. The van der Waals surface area contributed by atoms with Gasteiger partial charge in [-0.05, 0) is 49.6 Å². The molecule has 0 radical (unpaired) electrons. The SMILES string of the molecule is C=CCOc1cccc(C(=O)Nc2ccccc2C(=O)N2CCCCC2)c1. The van der Waals surface area contributed by atoms with Crippen molar-refractivity contribution in [2.45, 2.75) is 19.3 Å². The summed E-state index contributed by atoms with van der Waals surface area (Å²) in [6.07, 6.45) is 4.86. The molecule has 2 amide bonds. The first-order chi connectivity index (χ1) is 13.2. The molecule has 0 aromatic heterocycles. The number of carbonyl (C=O) groups excluding carboxylic acids is 2. The molecule has 5 nitrogen and oxygen atoms in total. The lowest BCUT2D eigenvalue weighted by Crippen LogP contribution is -2.36. The third kappa shape index (κ3) is 4.76. The summed E-state index contributed by atoms with van der Waals surface area (Å²) in [5, 5.41) is 2.87. The highest BCUT2D eigenvalue weighted by atomic mass is 16.5. The number of nitrogens with one attached hydrogen (secondary N) is 1. The number of para-hydroxylation sites is 1. The minimum absolute atomic E-state index is 0.0336. The van der Waals surface area contributed by atoms with Crippen LogP contribution in [0.25, 0.3) is 0 Å². The molecule has 0 atom stereocenters. The van der Waals surface area contributed by atoms with Gasteiger partial charge in [0.1, 0.15) is 12.4 Å². The van der Waals surface area contributed by atoms with Crippen LogP contribution in [0.15, 0.2) is 61.2 Å². The van der Waals surface area contributed by atoms with Crippen LogP contribution in [0.3, 0.4) is 0 Å². The van der Waals surface area contributed by atoms with Crippen molar-refractivity contribution in [3.8, 4) is 5.75 Å². The largest absolute Gasteiger partial charge is 0.490 e. The molecule has 1 fully saturated rings. The van der Waals surface area contributed by atoms with Crippen LogP contribution in [0.2, 0.25) is 0 Å². The van der Waals surface area contributed by atoms with Crippen LogP contribution >= 0.6 is 0 Å². The van der Waals surface area contributed by atoms with Crippen molar-refractivity contribution < 1.29 is 14.3 Å². The first kappa shape index (κ1) is 18.7. The van der Waals surface area contributed by atoms with Crippen LogP contribution in [-0.2, 0) is 0 Å². The fraction of sp³-hybridized carbons (Fsp3) is 0.273. The molecule has 140 valence electrons. The lowest BCUT2D eigenvalue weighted by atomic mass is 10.1. The molecule has 1 aliphatic rings. The van der Waals surface area contributed by atoms with E-state index in [0.29, 0.717) is 29.2 Å². The molecule has 1 aliphatic heterocycles. The molecule has 2 aromatic carbocycles. The van der Waals surface area contributed by atoms with Gasteiger partial charge in [0.15, 0.2) is 0 Å². The molecule has 5 heteroatoms. The van der Waals surface area contributed by atoms with Crippen LogP contribution < -0.4 is 10.1 Å². The number of rotatable bonds is 6. The second-order valence-electron chi connectivity index (χ2n) is 6.48. The molecule has 1 saturated heterocycles. The Morgan fingerprint density at radius 1 is 1.07 bits per heavy atom. The topological polar surface area (TPSA) is 58.6 Å². The van der Waals surface area contributed by atoms with Gasteiger partial charge in [-0.1, -0.05) is 30.9 Å². The van der Waals surface area contributed by atoms with Gasteiger partial charge in [0.2, 0.25) is 0 Å². The van der Waals surface area contributed by atoms with E-state index in [4.69, 9.17) is 4.74 Å². The number of ether oxygens (including phenoxy) is 1. The maximum Gasteiger partial charge on any atom is 0.255 e. The Morgan fingerprint density at radius 2 is 1.85 bits per heavy atom. The standard InChI is InChI=1S/C22H24N2O3/c1-2-15-27-18-10-8-9-17(16-18)21(25)23-20-12-5-4-11-19(20)22(26)24-13-6-3-7-14-24/h2,4-5,8-12,16H,1,3,6-7,13-15H2,(H,23,25). The maximum absolute atomic E-state index is 12.9. The van der Waals surface area contributed by atoms with Crippen molar-refractivity contribution in [1.82, 2.24) is 4.90 Å². The fourth-order valence-corrected chi connectivity index (χ4v) is 3.12. The molecule has 0 spiro atoms. The van der Waals surface area contributed by atoms with Crippen LogP contribution in [0.5, 0.6) is 5.75 Å². The van der Waals surface area contributed by atoms with Gasteiger partial charge < -0.3 is 15.0 Å². The summed E-state index contributed by atoms with van der Waals surface area (Å²) in [6, 6.07) is 14.1. The van der Waals surface area contributed by atoms with Crippen molar-refractivity contribution in [3.05, 3.63) is 72.3 Å². The number of hydrogen-bond donors (Lipinski definition) is 1. The van der Waals surface area contributed by atoms with Crippen LogP contribution in [0.1, 0.15) is 40.0 Å². The fourth-order valence-electron chi connectivity index (χ4n) is 3.12. The van der Waals surface area contributed by atoms with Gasteiger partial charge in [-0.25, -0.2) is 0 Å². The van der Waals surface area contributed by atoms with Crippen molar-refractivity contribution in [3.63, 3.8) is 0 Å². The van der Waals surface area contributed by atoms with Crippen LogP contribution in [0, 0.1) is 0 Å². The first-order valence-corrected chi connectivity index (χ1v) is 9.22. The molecule has 0 saturated carbocycles. The Kier molecular flexibility index (Phi) is 6.26. The maximum atomic E-state index is 12.9. The van der Waals surface area contributed by atoms with Gasteiger partial charge in [0.25, 0.3) is 11.8 Å². The Hall–Kier alpha value is -3.08. The summed E-state index contributed by atoms with van der Waals surface area (Å²) >= 11 is 0. The van der Waals surface area contributed by atoms with E-state index in [1.54, 1.807) is 42.5 Å². The number of hydrogen-bond acceptors (Lipinski definition) is 3. The third-order valence-electron chi connectivity index (χ3n) is 4.51. The van der Waals surface area contributed by atoms with Crippen molar-refractivity contribution in [2.75, 3.05) is 25.0 Å². The average Bonchev–Trinajstić information content (AvgIpc) is 2.73. The van der Waals surface area contributed by atoms with E-state index in [1.807, 2.05) is 17.0 Å². The summed E-state index contributed by atoms with van der Waals surface area (Å²) in [6.45, 7) is 5.52. The molecule has 0 bridgehead atoms. The number of nitrogens with zero attached hydrogens (tertiary/aromatic N) is 1. The average molecular weight is 364 g/mol. The number of amides is 2. The lowest BCUT2D eigenvalue weighted by molar-refractivity contribution is 0.0725. The summed E-state index contributed by atoms with van der Waals surface area (Å²) in [7, 11) is 0. The van der Waals surface area contributed by atoms with Gasteiger partial charge in [-0.2, -0.15) is 0 Å². The molecule has 0 aliphatic carbocycles. The Balaban J connectivity index is 1.76. The lowest BCUT2D eigenvalue weighted by Gasteiger charge is -2.27. The van der Waals surface area contributed by atoms with Crippen molar-refractivity contribution >= 4 is 17.5 Å². The molecule has 0 unspecified atom stereocenters. The normalized spacial score (nSPS) is 13.7. The number of likely N-dealkylation sites (tertiary alicyclic amines) is 1. The van der Waals surface area contributed by atoms with E-state index < -0.39 is 0 Å². The predicted molar refractivity (Wildman–Crippen MR) is 106 cm³/mol. The van der Waals surface area contributed by atoms with E-state index in [-0.39, 0.29) is 11.8 Å². The summed E-state index contributed by atoms with van der Waals surface area (Å²) in [4.78, 5) is 27.4. The predicted octanol–water partition coefficient (Wildman–Crippen LogP) is 4.13. The Labute approximate surface area is 159 Å². The Bertz CT molecular complexity index is 826.